The molecule has 2 rings (SSSR count). The molecule has 3 heteroatoms. The maximum absolute atomic E-state index is 5.65. The Hall–Kier alpha value is -1.06. The Labute approximate surface area is 110 Å². The number of ether oxygens (including phenoxy) is 1. The summed E-state index contributed by atoms with van der Waals surface area (Å²) in [4.78, 5) is 2.43. The molecule has 1 heterocycles. The predicted octanol–water partition coefficient (Wildman–Crippen LogP) is 1.83. The van der Waals surface area contributed by atoms with E-state index in [2.05, 4.69) is 36.9 Å². The van der Waals surface area contributed by atoms with Gasteiger partial charge in [-0.1, -0.05) is 12.1 Å². The molecule has 0 unspecified atom stereocenters. The monoisotopic (exact) mass is 248 g/mol. The summed E-state index contributed by atoms with van der Waals surface area (Å²) in [6.45, 7) is 8.08. The normalized spacial score (nSPS) is 14.1. The molecule has 0 aliphatic carbocycles. The molecule has 0 fully saturated rings. The van der Waals surface area contributed by atoms with Gasteiger partial charge in [-0.05, 0) is 37.5 Å². The minimum Gasteiger partial charge on any atom is -0.493 e. The van der Waals surface area contributed by atoms with Crippen LogP contribution in [0.25, 0.3) is 0 Å². The number of rotatable bonds is 6. The van der Waals surface area contributed by atoms with Crippen LogP contribution in [-0.4, -0.2) is 37.2 Å². The van der Waals surface area contributed by atoms with Gasteiger partial charge < -0.3 is 10.5 Å². The van der Waals surface area contributed by atoms with Crippen molar-refractivity contribution < 1.29 is 4.74 Å². The van der Waals surface area contributed by atoms with E-state index in [9.17, 15) is 0 Å². The summed E-state index contributed by atoms with van der Waals surface area (Å²) in [5, 5.41) is 0. The number of benzene rings is 1. The highest BCUT2D eigenvalue weighted by atomic mass is 16.5. The van der Waals surface area contributed by atoms with Gasteiger partial charge in [-0.15, -0.1) is 0 Å². The van der Waals surface area contributed by atoms with Crippen LogP contribution in [0.3, 0.4) is 0 Å². The van der Waals surface area contributed by atoms with Crippen LogP contribution < -0.4 is 10.5 Å². The van der Waals surface area contributed by atoms with Crippen LogP contribution in [0.1, 0.15) is 25.0 Å². The smallest absolute Gasteiger partial charge is 0.122 e. The third-order valence-corrected chi connectivity index (χ3v) is 3.59. The first-order valence-corrected chi connectivity index (χ1v) is 6.89. The molecular formula is C15H24N2O. The van der Waals surface area contributed by atoms with Crippen LogP contribution in [0.5, 0.6) is 5.75 Å². The van der Waals surface area contributed by atoms with Crippen LogP contribution in [-0.2, 0) is 12.8 Å². The van der Waals surface area contributed by atoms with E-state index >= 15 is 0 Å². The number of nitrogens with zero attached hydrogens (tertiary/aromatic N) is 1. The Morgan fingerprint density at radius 2 is 2.17 bits per heavy atom. The highest BCUT2D eigenvalue weighted by Gasteiger charge is 2.13. The third kappa shape index (κ3) is 3.24. The third-order valence-electron chi connectivity index (χ3n) is 3.59. The lowest BCUT2D eigenvalue weighted by molar-refractivity contribution is 0.231. The molecule has 0 saturated heterocycles. The molecule has 0 bridgehead atoms. The fraction of sp³-hybridized carbons (Fsp3) is 0.600. The van der Waals surface area contributed by atoms with Crippen molar-refractivity contribution in [2.75, 3.05) is 26.2 Å². The lowest BCUT2D eigenvalue weighted by Crippen LogP contribution is -2.36. The lowest BCUT2D eigenvalue weighted by atomic mass is 10.1. The van der Waals surface area contributed by atoms with E-state index in [0.717, 1.165) is 44.8 Å². The van der Waals surface area contributed by atoms with Gasteiger partial charge in [0.05, 0.1) is 6.61 Å². The average molecular weight is 248 g/mol. The number of nitrogens with two attached hydrogens (primary N) is 1. The Kier molecular flexibility index (Phi) is 4.61. The predicted molar refractivity (Wildman–Crippen MR) is 75.1 cm³/mol. The van der Waals surface area contributed by atoms with Crippen molar-refractivity contribution in [3.8, 4) is 5.75 Å². The van der Waals surface area contributed by atoms with E-state index in [-0.39, 0.29) is 0 Å². The van der Waals surface area contributed by atoms with E-state index in [1.54, 1.807) is 0 Å². The summed E-state index contributed by atoms with van der Waals surface area (Å²) in [7, 11) is 0. The van der Waals surface area contributed by atoms with Crippen LogP contribution >= 0.6 is 0 Å². The topological polar surface area (TPSA) is 38.5 Å². The molecule has 1 aliphatic rings. The Morgan fingerprint density at radius 3 is 2.89 bits per heavy atom. The molecule has 0 spiro atoms. The van der Waals surface area contributed by atoms with Gasteiger partial charge in [0.25, 0.3) is 0 Å². The number of hydrogen-bond acceptors (Lipinski definition) is 3. The molecule has 18 heavy (non-hydrogen) atoms. The Bertz CT molecular complexity index is 390. The van der Waals surface area contributed by atoms with Crippen LogP contribution in [0.15, 0.2) is 18.2 Å². The number of fused-ring (bicyclic) bond motifs is 1. The lowest BCUT2D eigenvalue weighted by Gasteiger charge is -2.25. The first-order chi connectivity index (χ1) is 8.70. The quantitative estimate of drug-likeness (QED) is 0.835. The maximum Gasteiger partial charge on any atom is 0.122 e. The highest BCUT2D eigenvalue weighted by Crippen LogP contribution is 2.26. The van der Waals surface area contributed by atoms with E-state index in [1.165, 1.54) is 11.1 Å². The summed E-state index contributed by atoms with van der Waals surface area (Å²) in [5.74, 6) is 1.07. The zero-order valence-electron chi connectivity index (χ0n) is 11.5. The van der Waals surface area contributed by atoms with Gasteiger partial charge in [0.1, 0.15) is 5.75 Å². The van der Waals surface area contributed by atoms with Crippen molar-refractivity contribution in [2.45, 2.75) is 32.7 Å². The summed E-state index contributed by atoms with van der Waals surface area (Å²) in [5.41, 5.74) is 8.42. The van der Waals surface area contributed by atoms with Crippen LogP contribution in [0.2, 0.25) is 0 Å². The van der Waals surface area contributed by atoms with E-state index < -0.39 is 0 Å². The summed E-state index contributed by atoms with van der Waals surface area (Å²) in [6, 6.07) is 7.15. The Morgan fingerprint density at radius 1 is 1.33 bits per heavy atom. The van der Waals surface area contributed by atoms with Gasteiger partial charge in [-0.3, -0.25) is 4.90 Å². The van der Waals surface area contributed by atoms with Gasteiger partial charge in [0.2, 0.25) is 0 Å². The van der Waals surface area contributed by atoms with E-state index in [4.69, 9.17) is 10.5 Å². The van der Waals surface area contributed by atoms with Crippen molar-refractivity contribution in [2.24, 2.45) is 5.73 Å². The molecule has 0 atom stereocenters. The van der Waals surface area contributed by atoms with Crippen molar-refractivity contribution in [1.82, 2.24) is 4.90 Å². The van der Waals surface area contributed by atoms with Gasteiger partial charge in [-0.2, -0.15) is 0 Å². The summed E-state index contributed by atoms with van der Waals surface area (Å²) in [6.07, 6.45) is 2.14. The standard InChI is InChI=1S/C15H24N2O/c1-12(2)17(9-7-16)8-5-13-3-4-15-14(11-13)6-10-18-15/h3-4,11-12H,5-10,16H2,1-2H3. The largest absolute Gasteiger partial charge is 0.493 e. The molecule has 3 nitrogen and oxygen atoms in total. The second-order valence-electron chi connectivity index (χ2n) is 5.21. The van der Waals surface area contributed by atoms with Gasteiger partial charge in [0, 0.05) is 32.1 Å². The zero-order valence-corrected chi connectivity index (χ0v) is 11.5. The van der Waals surface area contributed by atoms with Crippen LogP contribution in [0.4, 0.5) is 0 Å². The van der Waals surface area contributed by atoms with Crippen molar-refractivity contribution >= 4 is 0 Å². The molecule has 1 aromatic rings. The van der Waals surface area contributed by atoms with Gasteiger partial charge >= 0.3 is 0 Å². The SMILES string of the molecule is CC(C)N(CCN)CCc1ccc2c(c1)CCO2. The molecule has 100 valence electrons. The molecule has 1 aliphatic heterocycles. The van der Waals surface area contributed by atoms with E-state index in [1.807, 2.05) is 0 Å². The first kappa shape index (κ1) is 13.4. The fourth-order valence-electron chi connectivity index (χ4n) is 2.46. The molecule has 0 aromatic heterocycles. The second kappa shape index (κ2) is 6.21. The number of hydrogen-bond donors (Lipinski definition) is 1. The molecular weight excluding hydrogens is 224 g/mol. The van der Waals surface area contributed by atoms with Crippen molar-refractivity contribution in [1.29, 1.82) is 0 Å². The minimum atomic E-state index is 0.561. The van der Waals surface area contributed by atoms with Gasteiger partial charge in [-0.25, -0.2) is 0 Å². The molecule has 0 amide bonds. The minimum absolute atomic E-state index is 0.561. The zero-order chi connectivity index (χ0) is 13.0. The first-order valence-electron chi connectivity index (χ1n) is 6.89. The van der Waals surface area contributed by atoms with Crippen LogP contribution in [0, 0.1) is 0 Å². The van der Waals surface area contributed by atoms with Gasteiger partial charge in [0.15, 0.2) is 0 Å². The molecule has 2 N–H and O–H groups in total. The maximum atomic E-state index is 5.65. The summed E-state index contributed by atoms with van der Waals surface area (Å²) >= 11 is 0. The molecule has 1 aromatic carbocycles. The summed E-state index contributed by atoms with van der Waals surface area (Å²) < 4.78 is 5.53. The molecule has 0 radical (unpaired) electrons. The highest BCUT2D eigenvalue weighted by molar-refractivity contribution is 5.39. The average Bonchev–Trinajstić information content (AvgIpc) is 2.81. The Balaban J connectivity index is 1.93. The van der Waals surface area contributed by atoms with Crippen molar-refractivity contribution in [3.05, 3.63) is 29.3 Å². The van der Waals surface area contributed by atoms with Crippen molar-refractivity contribution in [3.63, 3.8) is 0 Å². The fourth-order valence-corrected chi connectivity index (χ4v) is 2.46. The molecule has 0 saturated carbocycles. The second-order valence-corrected chi connectivity index (χ2v) is 5.21. The van der Waals surface area contributed by atoms with E-state index in [0.29, 0.717) is 6.04 Å².